The molecular formula is C20H25N5. The fourth-order valence-corrected chi connectivity index (χ4v) is 3.49. The highest BCUT2D eigenvalue weighted by molar-refractivity contribution is 5.85. The second-order valence-electron chi connectivity index (χ2n) is 7.04. The molecule has 0 bridgehead atoms. The van der Waals surface area contributed by atoms with E-state index >= 15 is 0 Å². The Bertz CT molecular complexity index is 848. The number of benzene rings is 1. The summed E-state index contributed by atoms with van der Waals surface area (Å²) in [6.45, 7) is 8.01. The lowest BCUT2D eigenvalue weighted by molar-refractivity contribution is 0.155. The number of pyridine rings is 1. The first-order valence-corrected chi connectivity index (χ1v) is 8.99. The highest BCUT2D eigenvalue weighted by Gasteiger charge is 2.13. The molecule has 25 heavy (non-hydrogen) atoms. The zero-order valence-corrected chi connectivity index (χ0v) is 15.0. The molecule has 5 nitrogen and oxygen atoms in total. The number of fused-ring (bicyclic) bond motifs is 1. The SMILES string of the molecule is Cc1cc(-c2cnc[nH]2)nc2ccc(CCN3CCN(C)CC3)cc12. The van der Waals surface area contributed by atoms with Crippen molar-refractivity contribution >= 4 is 10.9 Å². The van der Waals surface area contributed by atoms with Crippen molar-refractivity contribution in [2.24, 2.45) is 0 Å². The molecule has 130 valence electrons. The molecule has 3 heterocycles. The molecular weight excluding hydrogens is 310 g/mol. The van der Waals surface area contributed by atoms with Gasteiger partial charge < -0.3 is 14.8 Å². The van der Waals surface area contributed by atoms with Crippen LogP contribution in [0.15, 0.2) is 36.8 Å². The van der Waals surface area contributed by atoms with Crippen LogP contribution in [0, 0.1) is 6.92 Å². The number of aromatic amines is 1. The largest absolute Gasteiger partial charge is 0.343 e. The maximum absolute atomic E-state index is 4.79. The lowest BCUT2D eigenvalue weighted by atomic mass is 10.0. The number of hydrogen-bond acceptors (Lipinski definition) is 4. The van der Waals surface area contributed by atoms with E-state index in [2.05, 4.69) is 58.0 Å². The average Bonchev–Trinajstić information content (AvgIpc) is 3.16. The van der Waals surface area contributed by atoms with E-state index in [-0.39, 0.29) is 0 Å². The first-order valence-electron chi connectivity index (χ1n) is 8.99. The summed E-state index contributed by atoms with van der Waals surface area (Å²) in [6, 6.07) is 8.83. The van der Waals surface area contributed by atoms with E-state index in [0.29, 0.717) is 0 Å². The molecule has 0 unspecified atom stereocenters. The minimum absolute atomic E-state index is 0.952. The molecule has 3 aromatic rings. The minimum Gasteiger partial charge on any atom is -0.343 e. The molecule has 2 aromatic heterocycles. The summed E-state index contributed by atoms with van der Waals surface area (Å²) in [5.74, 6) is 0. The number of aryl methyl sites for hydroxylation is 1. The molecule has 4 rings (SSSR count). The molecule has 1 aliphatic rings. The van der Waals surface area contributed by atoms with Gasteiger partial charge in [0.05, 0.1) is 29.4 Å². The van der Waals surface area contributed by atoms with E-state index in [0.717, 1.165) is 29.9 Å². The molecule has 1 aromatic carbocycles. The first-order chi connectivity index (χ1) is 12.2. The third-order valence-corrected chi connectivity index (χ3v) is 5.17. The van der Waals surface area contributed by atoms with Crippen LogP contribution in [0.4, 0.5) is 0 Å². The topological polar surface area (TPSA) is 48.1 Å². The minimum atomic E-state index is 0.952. The van der Waals surface area contributed by atoms with Crippen LogP contribution in [0.2, 0.25) is 0 Å². The fraction of sp³-hybridized carbons (Fsp3) is 0.400. The third kappa shape index (κ3) is 3.57. The van der Waals surface area contributed by atoms with Gasteiger partial charge in [0.25, 0.3) is 0 Å². The smallest absolute Gasteiger partial charge is 0.0924 e. The van der Waals surface area contributed by atoms with Crippen LogP contribution in [0.3, 0.4) is 0 Å². The van der Waals surface area contributed by atoms with Crippen LogP contribution in [-0.4, -0.2) is 64.5 Å². The Morgan fingerprint density at radius 3 is 2.72 bits per heavy atom. The zero-order chi connectivity index (χ0) is 17.2. The van der Waals surface area contributed by atoms with Crippen molar-refractivity contribution in [3.8, 4) is 11.4 Å². The van der Waals surface area contributed by atoms with Crippen molar-refractivity contribution in [1.29, 1.82) is 0 Å². The van der Waals surface area contributed by atoms with Crippen LogP contribution in [0.1, 0.15) is 11.1 Å². The summed E-state index contributed by atoms with van der Waals surface area (Å²) in [5, 5.41) is 1.25. The quantitative estimate of drug-likeness (QED) is 0.796. The van der Waals surface area contributed by atoms with Gasteiger partial charge in [0.2, 0.25) is 0 Å². The Labute approximate surface area is 148 Å². The molecule has 1 saturated heterocycles. The van der Waals surface area contributed by atoms with Crippen molar-refractivity contribution < 1.29 is 0 Å². The number of nitrogens with zero attached hydrogens (tertiary/aromatic N) is 4. The predicted octanol–water partition coefficient (Wildman–Crippen LogP) is 2.72. The van der Waals surface area contributed by atoms with Crippen LogP contribution in [0.25, 0.3) is 22.3 Å². The Morgan fingerprint density at radius 2 is 1.96 bits per heavy atom. The first kappa shape index (κ1) is 16.2. The van der Waals surface area contributed by atoms with Crippen LogP contribution < -0.4 is 0 Å². The second-order valence-corrected chi connectivity index (χ2v) is 7.04. The van der Waals surface area contributed by atoms with Crippen LogP contribution in [-0.2, 0) is 6.42 Å². The van der Waals surface area contributed by atoms with Gasteiger partial charge in [-0.15, -0.1) is 0 Å². The molecule has 0 atom stereocenters. The van der Waals surface area contributed by atoms with Crippen LogP contribution in [0.5, 0.6) is 0 Å². The number of nitrogens with one attached hydrogen (secondary N) is 1. The number of imidazole rings is 1. The second kappa shape index (κ2) is 6.94. The van der Waals surface area contributed by atoms with Crippen molar-refractivity contribution in [3.63, 3.8) is 0 Å². The Balaban J connectivity index is 1.52. The molecule has 0 saturated carbocycles. The van der Waals surface area contributed by atoms with Gasteiger partial charge in [-0.25, -0.2) is 9.97 Å². The summed E-state index contributed by atoms with van der Waals surface area (Å²) in [4.78, 5) is 17.0. The van der Waals surface area contributed by atoms with E-state index < -0.39 is 0 Å². The average molecular weight is 335 g/mol. The molecule has 0 spiro atoms. The molecule has 5 heteroatoms. The van der Waals surface area contributed by atoms with Gasteiger partial charge in [-0.3, -0.25) is 0 Å². The van der Waals surface area contributed by atoms with Gasteiger partial charge >= 0.3 is 0 Å². The Hall–Kier alpha value is -2.24. The summed E-state index contributed by atoms with van der Waals surface area (Å²) < 4.78 is 0. The van der Waals surface area contributed by atoms with E-state index in [1.54, 1.807) is 6.33 Å². The van der Waals surface area contributed by atoms with Gasteiger partial charge in [0.1, 0.15) is 0 Å². The van der Waals surface area contributed by atoms with E-state index in [4.69, 9.17) is 4.98 Å². The number of aromatic nitrogens is 3. The van der Waals surface area contributed by atoms with E-state index in [1.807, 2.05) is 6.20 Å². The maximum Gasteiger partial charge on any atom is 0.0924 e. The normalized spacial score (nSPS) is 16.6. The number of likely N-dealkylation sites (N-methyl/N-ethyl adjacent to an activating group) is 1. The number of rotatable bonds is 4. The summed E-state index contributed by atoms with van der Waals surface area (Å²) in [7, 11) is 2.20. The summed E-state index contributed by atoms with van der Waals surface area (Å²) in [6.07, 6.45) is 4.61. The standard InChI is InChI=1S/C20H25N5/c1-15-11-19(20-13-21-14-22-20)23-18-4-3-16(12-17(15)18)5-6-25-9-7-24(2)8-10-25/h3-4,11-14H,5-10H2,1-2H3,(H,21,22). The number of H-pyrrole nitrogens is 1. The van der Waals surface area contributed by atoms with Gasteiger partial charge in [-0.2, -0.15) is 0 Å². The van der Waals surface area contributed by atoms with Gasteiger partial charge in [-0.05, 0) is 49.7 Å². The Morgan fingerprint density at radius 1 is 1.12 bits per heavy atom. The molecule has 1 fully saturated rings. The molecule has 1 aliphatic heterocycles. The van der Waals surface area contributed by atoms with Crippen molar-refractivity contribution in [3.05, 3.63) is 47.9 Å². The van der Waals surface area contributed by atoms with Gasteiger partial charge in [0, 0.05) is 38.1 Å². The van der Waals surface area contributed by atoms with Crippen molar-refractivity contribution in [2.75, 3.05) is 39.8 Å². The molecule has 0 amide bonds. The summed E-state index contributed by atoms with van der Waals surface area (Å²) in [5.41, 5.74) is 5.62. The summed E-state index contributed by atoms with van der Waals surface area (Å²) >= 11 is 0. The van der Waals surface area contributed by atoms with E-state index in [1.165, 1.54) is 42.7 Å². The molecule has 0 aliphatic carbocycles. The van der Waals surface area contributed by atoms with Gasteiger partial charge in [-0.1, -0.05) is 6.07 Å². The lowest BCUT2D eigenvalue weighted by Gasteiger charge is -2.32. The maximum atomic E-state index is 4.79. The lowest BCUT2D eigenvalue weighted by Crippen LogP contribution is -2.45. The fourth-order valence-electron chi connectivity index (χ4n) is 3.49. The monoisotopic (exact) mass is 335 g/mol. The van der Waals surface area contributed by atoms with Crippen LogP contribution >= 0.6 is 0 Å². The Kier molecular flexibility index (Phi) is 4.51. The highest BCUT2D eigenvalue weighted by Crippen LogP contribution is 2.24. The van der Waals surface area contributed by atoms with Crippen molar-refractivity contribution in [1.82, 2.24) is 24.8 Å². The van der Waals surface area contributed by atoms with Gasteiger partial charge in [0.15, 0.2) is 0 Å². The zero-order valence-electron chi connectivity index (χ0n) is 15.0. The van der Waals surface area contributed by atoms with E-state index in [9.17, 15) is 0 Å². The number of piperazine rings is 1. The molecule has 0 radical (unpaired) electrons. The number of hydrogen-bond donors (Lipinski definition) is 1. The predicted molar refractivity (Wildman–Crippen MR) is 102 cm³/mol. The molecule has 1 N–H and O–H groups in total. The highest BCUT2D eigenvalue weighted by atomic mass is 15.2. The van der Waals surface area contributed by atoms with Crippen molar-refractivity contribution in [2.45, 2.75) is 13.3 Å². The third-order valence-electron chi connectivity index (χ3n) is 5.17.